The first-order chi connectivity index (χ1) is 8.26. The van der Waals surface area contributed by atoms with E-state index in [1.165, 1.54) is 51.6 Å². The molecule has 0 radical (unpaired) electrons. The monoisotopic (exact) mass is 238 g/mol. The van der Waals surface area contributed by atoms with Gasteiger partial charge in [0.25, 0.3) is 0 Å². The molecule has 1 saturated carbocycles. The van der Waals surface area contributed by atoms with Crippen molar-refractivity contribution in [3.8, 4) is 0 Å². The molecule has 4 unspecified atom stereocenters. The average molecular weight is 238 g/mol. The second-order valence-electron chi connectivity index (χ2n) is 6.10. The quantitative estimate of drug-likeness (QED) is 0.813. The summed E-state index contributed by atoms with van der Waals surface area (Å²) in [4.78, 5) is 2.86. The molecule has 2 nitrogen and oxygen atoms in total. The lowest BCUT2D eigenvalue weighted by Gasteiger charge is -2.47. The maximum absolute atomic E-state index is 3.71. The molecule has 1 N–H and O–H groups in total. The maximum atomic E-state index is 3.71. The van der Waals surface area contributed by atoms with E-state index in [2.05, 4.69) is 31.0 Å². The maximum Gasteiger partial charge on any atom is 0.0221 e. The third-order valence-electron chi connectivity index (χ3n) is 5.00. The molecule has 0 amide bonds. The first-order valence-electron chi connectivity index (χ1n) is 7.75. The van der Waals surface area contributed by atoms with Crippen LogP contribution in [0.3, 0.4) is 0 Å². The van der Waals surface area contributed by atoms with E-state index in [1.807, 2.05) is 0 Å². The summed E-state index contributed by atoms with van der Waals surface area (Å²) in [7, 11) is 0. The molecule has 1 heterocycles. The van der Waals surface area contributed by atoms with Crippen LogP contribution in [-0.2, 0) is 0 Å². The summed E-state index contributed by atoms with van der Waals surface area (Å²) in [5.74, 6) is 0.911. The van der Waals surface area contributed by atoms with E-state index < -0.39 is 0 Å². The number of piperazine rings is 1. The Morgan fingerprint density at radius 3 is 2.53 bits per heavy atom. The zero-order chi connectivity index (χ0) is 12.3. The number of hydrogen-bond acceptors (Lipinski definition) is 2. The van der Waals surface area contributed by atoms with Crippen molar-refractivity contribution in [1.29, 1.82) is 0 Å². The topological polar surface area (TPSA) is 15.3 Å². The minimum Gasteiger partial charge on any atom is -0.311 e. The van der Waals surface area contributed by atoms with Gasteiger partial charge in [-0.15, -0.1) is 0 Å². The molecule has 2 aliphatic rings. The Morgan fingerprint density at radius 2 is 1.88 bits per heavy atom. The molecule has 0 aromatic carbocycles. The Kier molecular flexibility index (Phi) is 4.87. The molecule has 17 heavy (non-hydrogen) atoms. The zero-order valence-electron chi connectivity index (χ0n) is 11.9. The fourth-order valence-corrected chi connectivity index (χ4v) is 3.74. The number of nitrogens with one attached hydrogen (secondary N) is 1. The van der Waals surface area contributed by atoms with Crippen molar-refractivity contribution in [1.82, 2.24) is 10.2 Å². The van der Waals surface area contributed by atoms with Crippen molar-refractivity contribution in [3.63, 3.8) is 0 Å². The van der Waals surface area contributed by atoms with Crippen molar-refractivity contribution in [2.75, 3.05) is 13.1 Å². The van der Waals surface area contributed by atoms with Crippen molar-refractivity contribution in [2.45, 2.75) is 77.4 Å². The van der Waals surface area contributed by atoms with Gasteiger partial charge >= 0.3 is 0 Å². The smallest absolute Gasteiger partial charge is 0.0221 e. The summed E-state index contributed by atoms with van der Waals surface area (Å²) in [6.45, 7) is 9.62. The van der Waals surface area contributed by atoms with Gasteiger partial charge in [-0.3, -0.25) is 4.90 Å². The lowest BCUT2D eigenvalue weighted by atomic mass is 9.83. The van der Waals surface area contributed by atoms with Crippen LogP contribution in [0.2, 0.25) is 0 Å². The molecule has 0 spiro atoms. The molecule has 0 bridgehead atoms. The average Bonchev–Trinajstić information content (AvgIpc) is 2.38. The van der Waals surface area contributed by atoms with E-state index in [1.54, 1.807) is 0 Å². The van der Waals surface area contributed by atoms with Gasteiger partial charge in [-0.05, 0) is 31.6 Å². The summed E-state index contributed by atoms with van der Waals surface area (Å²) in [5.41, 5.74) is 0. The Labute approximate surface area is 107 Å². The van der Waals surface area contributed by atoms with Crippen molar-refractivity contribution in [2.24, 2.45) is 5.92 Å². The minimum atomic E-state index is 0.729. The largest absolute Gasteiger partial charge is 0.311 e. The van der Waals surface area contributed by atoms with E-state index in [-0.39, 0.29) is 0 Å². The van der Waals surface area contributed by atoms with Gasteiger partial charge in [0.2, 0.25) is 0 Å². The fourth-order valence-electron chi connectivity index (χ4n) is 3.74. The van der Waals surface area contributed by atoms with Crippen molar-refractivity contribution >= 4 is 0 Å². The Balaban J connectivity index is 2.02. The van der Waals surface area contributed by atoms with Crippen LogP contribution in [0.15, 0.2) is 0 Å². The normalized spacial score (nSPS) is 40.4. The first-order valence-corrected chi connectivity index (χ1v) is 7.75. The summed E-state index contributed by atoms with van der Waals surface area (Å²) < 4.78 is 0. The molecule has 1 aliphatic heterocycles. The molecule has 2 heteroatoms. The minimum absolute atomic E-state index is 0.729. The SMILES string of the molecule is CCC1CN(C2CCCCC2C)C(CC)CN1. The molecular weight excluding hydrogens is 208 g/mol. The van der Waals surface area contributed by atoms with Gasteiger partial charge in [0.1, 0.15) is 0 Å². The van der Waals surface area contributed by atoms with Crippen LogP contribution < -0.4 is 5.32 Å². The third kappa shape index (κ3) is 3.03. The van der Waals surface area contributed by atoms with Gasteiger partial charge in [-0.25, -0.2) is 0 Å². The molecule has 0 aromatic heterocycles. The summed E-state index contributed by atoms with van der Waals surface area (Å²) in [6.07, 6.45) is 8.36. The number of hydrogen-bond donors (Lipinski definition) is 1. The predicted octanol–water partition coefficient (Wildman–Crippen LogP) is 3.03. The first kappa shape index (κ1) is 13.4. The van der Waals surface area contributed by atoms with Gasteiger partial charge in [-0.2, -0.15) is 0 Å². The lowest BCUT2D eigenvalue weighted by molar-refractivity contribution is 0.0330. The highest BCUT2D eigenvalue weighted by Gasteiger charge is 2.34. The highest BCUT2D eigenvalue weighted by Crippen LogP contribution is 2.31. The van der Waals surface area contributed by atoms with E-state index in [4.69, 9.17) is 0 Å². The molecule has 2 fully saturated rings. The lowest BCUT2D eigenvalue weighted by Crippen LogP contribution is -2.60. The van der Waals surface area contributed by atoms with E-state index in [0.717, 1.165) is 24.0 Å². The molecule has 1 saturated heterocycles. The predicted molar refractivity (Wildman–Crippen MR) is 74.3 cm³/mol. The van der Waals surface area contributed by atoms with E-state index >= 15 is 0 Å². The van der Waals surface area contributed by atoms with Gasteiger partial charge in [0, 0.05) is 31.2 Å². The third-order valence-corrected chi connectivity index (χ3v) is 5.00. The Hall–Kier alpha value is -0.0800. The summed E-state index contributed by atoms with van der Waals surface area (Å²) in [6, 6.07) is 2.38. The van der Waals surface area contributed by atoms with Gasteiger partial charge < -0.3 is 5.32 Å². The van der Waals surface area contributed by atoms with Crippen LogP contribution in [0, 0.1) is 5.92 Å². The molecule has 1 aliphatic carbocycles. The second kappa shape index (κ2) is 6.19. The standard InChI is InChI=1S/C15H30N2/c1-4-13-11-17(14(5-2)10-16-13)15-9-7-6-8-12(15)3/h12-16H,4-11H2,1-3H3. The van der Waals surface area contributed by atoms with E-state index in [0.29, 0.717) is 0 Å². The molecule has 100 valence electrons. The molecular formula is C15H30N2. The van der Waals surface area contributed by atoms with Gasteiger partial charge in [0.05, 0.1) is 0 Å². The van der Waals surface area contributed by atoms with Crippen molar-refractivity contribution in [3.05, 3.63) is 0 Å². The van der Waals surface area contributed by atoms with Crippen LogP contribution in [0.25, 0.3) is 0 Å². The van der Waals surface area contributed by atoms with Gasteiger partial charge in [0.15, 0.2) is 0 Å². The highest BCUT2D eigenvalue weighted by molar-refractivity contribution is 4.91. The Morgan fingerprint density at radius 1 is 1.12 bits per heavy atom. The second-order valence-corrected chi connectivity index (χ2v) is 6.10. The van der Waals surface area contributed by atoms with Crippen LogP contribution in [0.1, 0.15) is 59.3 Å². The fraction of sp³-hybridized carbons (Fsp3) is 1.00. The highest BCUT2D eigenvalue weighted by atomic mass is 15.3. The van der Waals surface area contributed by atoms with Crippen molar-refractivity contribution < 1.29 is 0 Å². The molecule has 0 aromatic rings. The summed E-state index contributed by atoms with van der Waals surface area (Å²) in [5, 5.41) is 3.71. The van der Waals surface area contributed by atoms with Gasteiger partial charge in [-0.1, -0.05) is 33.6 Å². The molecule has 4 atom stereocenters. The van der Waals surface area contributed by atoms with Crippen LogP contribution in [-0.4, -0.2) is 36.1 Å². The number of rotatable bonds is 3. The van der Waals surface area contributed by atoms with Crippen LogP contribution in [0.5, 0.6) is 0 Å². The number of nitrogens with zero attached hydrogens (tertiary/aromatic N) is 1. The van der Waals surface area contributed by atoms with Crippen LogP contribution in [0.4, 0.5) is 0 Å². The zero-order valence-corrected chi connectivity index (χ0v) is 11.9. The van der Waals surface area contributed by atoms with E-state index in [9.17, 15) is 0 Å². The van der Waals surface area contributed by atoms with Crippen LogP contribution >= 0.6 is 0 Å². The Bertz CT molecular complexity index is 229. The molecule has 2 rings (SSSR count). The summed E-state index contributed by atoms with van der Waals surface area (Å²) >= 11 is 0.